The van der Waals surface area contributed by atoms with E-state index in [1.807, 2.05) is 13.8 Å². The number of rotatable bonds is 4. The van der Waals surface area contributed by atoms with Crippen molar-refractivity contribution in [1.82, 2.24) is 0 Å². The molecule has 0 spiro atoms. The number of hydrogen-bond acceptors (Lipinski definition) is 2. The van der Waals surface area contributed by atoms with Crippen molar-refractivity contribution in [1.29, 1.82) is 0 Å². The zero-order chi connectivity index (χ0) is 10.4. The number of carbonyl (C=O) groups excluding carboxylic acids is 1. The lowest BCUT2D eigenvalue weighted by atomic mass is 9.96. The molecule has 0 aromatic rings. The monoisotopic (exact) mass is 224 g/mol. The molecular weight excluding hydrogens is 211 g/mol. The first kappa shape index (κ1) is 12.8. The summed E-state index contributed by atoms with van der Waals surface area (Å²) < 4.78 is 4.97. The molecule has 0 amide bonds. The van der Waals surface area contributed by atoms with Gasteiger partial charge in [0, 0.05) is 0 Å². The molecule has 0 aromatic heterocycles. The number of halogens is 2. The Hall–Kier alpha value is -0.210. The average molecular weight is 225 g/mol. The van der Waals surface area contributed by atoms with Crippen molar-refractivity contribution >= 4 is 29.2 Å². The minimum Gasteiger partial charge on any atom is -0.466 e. The summed E-state index contributed by atoms with van der Waals surface area (Å²) >= 11 is 11.0. The first-order valence-electron chi connectivity index (χ1n) is 4.18. The fourth-order valence-electron chi connectivity index (χ4n) is 0.907. The third-order valence-corrected chi connectivity index (χ3v) is 1.83. The summed E-state index contributed by atoms with van der Waals surface area (Å²) in [6.45, 7) is 5.96. The lowest BCUT2D eigenvalue weighted by Gasteiger charge is -2.14. The van der Waals surface area contributed by atoms with Crippen molar-refractivity contribution < 1.29 is 9.53 Å². The maximum atomic E-state index is 11.3. The van der Waals surface area contributed by atoms with E-state index in [1.54, 1.807) is 6.92 Å². The Morgan fingerprint density at radius 1 is 1.46 bits per heavy atom. The second-order valence-corrected chi connectivity index (χ2v) is 3.99. The van der Waals surface area contributed by atoms with Crippen molar-refractivity contribution in [3.05, 3.63) is 10.6 Å². The summed E-state index contributed by atoms with van der Waals surface area (Å²) in [5.41, 5.74) is 0. The van der Waals surface area contributed by atoms with Gasteiger partial charge in [0.25, 0.3) is 0 Å². The van der Waals surface area contributed by atoms with Crippen LogP contribution >= 0.6 is 23.2 Å². The maximum absolute atomic E-state index is 11.3. The molecule has 76 valence electrons. The van der Waals surface area contributed by atoms with Gasteiger partial charge in [-0.1, -0.05) is 37.0 Å². The molecule has 0 saturated heterocycles. The fraction of sp³-hybridized carbons (Fsp3) is 0.667. The Bertz CT molecular complexity index is 196. The predicted molar refractivity (Wildman–Crippen MR) is 54.8 cm³/mol. The third-order valence-electron chi connectivity index (χ3n) is 1.58. The van der Waals surface area contributed by atoms with Crippen molar-refractivity contribution in [3.8, 4) is 0 Å². The first-order chi connectivity index (χ1) is 5.99. The highest BCUT2D eigenvalue weighted by Crippen LogP contribution is 2.19. The Labute approximate surface area is 88.9 Å². The van der Waals surface area contributed by atoms with E-state index < -0.39 is 0 Å². The molecule has 2 nitrogen and oxygen atoms in total. The molecule has 4 heteroatoms. The van der Waals surface area contributed by atoms with Crippen molar-refractivity contribution in [2.24, 2.45) is 11.8 Å². The van der Waals surface area contributed by atoms with Gasteiger partial charge in [-0.3, -0.25) is 4.79 Å². The minimum absolute atomic E-state index is 0.103. The van der Waals surface area contributed by atoms with Crippen LogP contribution in [0.4, 0.5) is 0 Å². The molecular formula is C9H14Cl2O2. The Morgan fingerprint density at radius 2 is 2.00 bits per heavy atom. The maximum Gasteiger partial charge on any atom is 0.313 e. The van der Waals surface area contributed by atoms with Crippen LogP contribution in [0.1, 0.15) is 20.8 Å². The molecule has 1 unspecified atom stereocenters. The largest absolute Gasteiger partial charge is 0.466 e. The number of ether oxygens (including phenoxy) is 1. The minimum atomic E-state index is -0.357. The van der Waals surface area contributed by atoms with Gasteiger partial charge in [0.15, 0.2) is 0 Å². The van der Waals surface area contributed by atoms with Crippen LogP contribution in [0.5, 0.6) is 0 Å². The van der Waals surface area contributed by atoms with E-state index in [9.17, 15) is 4.79 Å². The second-order valence-electron chi connectivity index (χ2n) is 2.98. The van der Waals surface area contributed by atoms with Gasteiger partial charge in [0.2, 0.25) is 0 Å². The van der Waals surface area contributed by atoms with Gasteiger partial charge in [-0.25, -0.2) is 0 Å². The molecule has 0 rings (SSSR count). The summed E-state index contributed by atoms with van der Waals surface area (Å²) in [6, 6.07) is 0. The molecule has 0 aliphatic rings. The van der Waals surface area contributed by atoms with Crippen LogP contribution in [0.2, 0.25) is 0 Å². The fourth-order valence-corrected chi connectivity index (χ4v) is 1.18. The molecule has 0 aliphatic carbocycles. The van der Waals surface area contributed by atoms with Crippen molar-refractivity contribution in [2.45, 2.75) is 20.8 Å². The molecule has 0 bridgehead atoms. The average Bonchev–Trinajstić information content (AvgIpc) is 1.99. The quantitative estimate of drug-likeness (QED) is 0.687. The molecule has 0 saturated carbocycles. The van der Waals surface area contributed by atoms with Crippen LogP contribution in [0.25, 0.3) is 0 Å². The van der Waals surface area contributed by atoms with E-state index in [2.05, 4.69) is 0 Å². The smallest absolute Gasteiger partial charge is 0.313 e. The Kier molecular flexibility index (Phi) is 6.17. The van der Waals surface area contributed by atoms with E-state index in [1.165, 1.54) is 6.08 Å². The first-order valence-corrected chi connectivity index (χ1v) is 4.94. The molecule has 0 heterocycles. The summed E-state index contributed by atoms with van der Waals surface area (Å²) in [5.74, 6) is -0.507. The molecule has 13 heavy (non-hydrogen) atoms. The Balaban J connectivity index is 4.42. The SMILES string of the molecule is CCOC(=O)C(C=C(Cl)Cl)C(C)C. The molecule has 0 N–H and O–H groups in total. The lowest BCUT2D eigenvalue weighted by Crippen LogP contribution is -2.20. The Morgan fingerprint density at radius 3 is 2.31 bits per heavy atom. The van der Waals surface area contributed by atoms with Gasteiger partial charge >= 0.3 is 5.97 Å². The van der Waals surface area contributed by atoms with E-state index in [0.29, 0.717) is 6.61 Å². The van der Waals surface area contributed by atoms with Gasteiger partial charge in [-0.2, -0.15) is 0 Å². The molecule has 0 radical (unpaired) electrons. The molecule has 0 aromatic carbocycles. The van der Waals surface area contributed by atoms with Crippen molar-refractivity contribution in [3.63, 3.8) is 0 Å². The van der Waals surface area contributed by atoms with Crippen LogP contribution in [0.15, 0.2) is 10.6 Å². The predicted octanol–water partition coefficient (Wildman–Crippen LogP) is 3.14. The molecule has 0 aliphatic heterocycles. The topological polar surface area (TPSA) is 26.3 Å². The standard InChI is InChI=1S/C9H14Cl2O2/c1-4-13-9(12)7(6(2)3)5-8(10)11/h5-7H,4H2,1-3H3. The highest BCUT2D eigenvalue weighted by molar-refractivity contribution is 6.55. The van der Waals surface area contributed by atoms with Gasteiger partial charge in [-0.05, 0) is 18.9 Å². The van der Waals surface area contributed by atoms with Crippen LogP contribution < -0.4 is 0 Å². The summed E-state index contributed by atoms with van der Waals surface area (Å²) in [6.07, 6.45) is 1.51. The van der Waals surface area contributed by atoms with Crippen LogP contribution in [0.3, 0.4) is 0 Å². The summed E-state index contributed by atoms with van der Waals surface area (Å²) in [4.78, 5) is 11.3. The third kappa shape index (κ3) is 5.17. The van der Waals surface area contributed by atoms with Gasteiger partial charge in [-0.15, -0.1) is 0 Å². The van der Waals surface area contributed by atoms with Crippen LogP contribution in [0, 0.1) is 11.8 Å². The summed E-state index contributed by atoms with van der Waals surface area (Å²) in [5, 5.41) is 0. The van der Waals surface area contributed by atoms with Crippen LogP contribution in [-0.2, 0) is 9.53 Å². The van der Waals surface area contributed by atoms with Gasteiger partial charge < -0.3 is 4.74 Å². The molecule has 1 atom stereocenters. The molecule has 0 fully saturated rings. The van der Waals surface area contributed by atoms with Crippen molar-refractivity contribution in [2.75, 3.05) is 6.61 Å². The number of esters is 1. The zero-order valence-electron chi connectivity index (χ0n) is 8.01. The van der Waals surface area contributed by atoms with E-state index in [-0.39, 0.29) is 22.3 Å². The van der Waals surface area contributed by atoms with Gasteiger partial charge in [0.05, 0.1) is 12.5 Å². The summed E-state index contributed by atoms with van der Waals surface area (Å²) in [7, 11) is 0. The zero-order valence-corrected chi connectivity index (χ0v) is 9.52. The normalized spacial score (nSPS) is 12.5. The van der Waals surface area contributed by atoms with Crippen LogP contribution in [-0.4, -0.2) is 12.6 Å². The highest BCUT2D eigenvalue weighted by Gasteiger charge is 2.21. The number of hydrogen-bond donors (Lipinski definition) is 0. The van der Waals surface area contributed by atoms with Gasteiger partial charge in [0.1, 0.15) is 4.49 Å². The van der Waals surface area contributed by atoms with E-state index >= 15 is 0 Å². The second kappa shape index (κ2) is 6.28. The van der Waals surface area contributed by atoms with E-state index in [4.69, 9.17) is 27.9 Å². The highest BCUT2D eigenvalue weighted by atomic mass is 35.5. The van der Waals surface area contributed by atoms with E-state index in [0.717, 1.165) is 0 Å². The lowest BCUT2D eigenvalue weighted by molar-refractivity contribution is -0.147. The number of carbonyl (C=O) groups is 1.